The van der Waals surface area contributed by atoms with E-state index in [0.29, 0.717) is 22.9 Å². The summed E-state index contributed by atoms with van der Waals surface area (Å²) in [5.74, 6) is 1.17. The lowest BCUT2D eigenvalue weighted by molar-refractivity contribution is 0.867. The topological polar surface area (TPSA) is 77.3 Å². The van der Waals surface area contributed by atoms with Crippen LogP contribution in [0.4, 0.5) is 0 Å². The van der Waals surface area contributed by atoms with Gasteiger partial charge in [0.05, 0.1) is 0 Å². The van der Waals surface area contributed by atoms with Crippen LogP contribution in [0.1, 0.15) is 11.6 Å². The van der Waals surface area contributed by atoms with E-state index < -0.39 is 0 Å². The van der Waals surface area contributed by atoms with Crippen molar-refractivity contribution >= 4 is 11.3 Å². The molecular weight excluding hydrogens is 156 g/mol. The molecule has 2 aromatic heterocycles. The highest BCUT2D eigenvalue weighted by molar-refractivity contribution is 5.61. The van der Waals surface area contributed by atoms with E-state index in [4.69, 9.17) is 0 Å². The minimum atomic E-state index is 0.381. The fraction of sp³-hybridized carbons (Fsp3) is 0.333. The number of hydrogen-bond acceptors (Lipinski definition) is 6. The predicted molar refractivity (Wildman–Crippen MR) is 40.2 cm³/mol. The van der Waals surface area contributed by atoms with Crippen LogP contribution in [-0.4, -0.2) is 30.4 Å². The average molecular weight is 162 g/mol. The molecule has 0 radical (unpaired) electrons. The van der Waals surface area contributed by atoms with Gasteiger partial charge in [-0.15, -0.1) is 20.4 Å². The van der Waals surface area contributed by atoms with Crippen LogP contribution in [0.5, 0.6) is 0 Å². The Morgan fingerprint density at radius 3 is 1.67 bits per heavy atom. The first-order valence-corrected chi connectivity index (χ1v) is 3.44. The van der Waals surface area contributed by atoms with Crippen LogP contribution in [0.25, 0.3) is 11.3 Å². The van der Waals surface area contributed by atoms with Crippen molar-refractivity contribution in [1.29, 1.82) is 0 Å². The zero-order chi connectivity index (χ0) is 8.55. The Morgan fingerprint density at radius 1 is 0.667 bits per heavy atom. The van der Waals surface area contributed by atoms with Gasteiger partial charge in [0.15, 0.2) is 11.6 Å². The second kappa shape index (κ2) is 2.40. The van der Waals surface area contributed by atoms with Crippen molar-refractivity contribution in [3.63, 3.8) is 0 Å². The van der Waals surface area contributed by atoms with Gasteiger partial charge in [-0.2, -0.15) is 0 Å². The first-order chi connectivity index (χ1) is 5.75. The van der Waals surface area contributed by atoms with E-state index in [-0.39, 0.29) is 0 Å². The molecular formula is C6H6N6. The van der Waals surface area contributed by atoms with Gasteiger partial charge in [0.1, 0.15) is 0 Å². The molecule has 6 nitrogen and oxygen atoms in total. The van der Waals surface area contributed by atoms with Gasteiger partial charge < -0.3 is 0 Å². The van der Waals surface area contributed by atoms with Crippen LogP contribution in [0.3, 0.4) is 0 Å². The Labute approximate surface area is 68.1 Å². The van der Waals surface area contributed by atoms with Crippen LogP contribution in [0, 0.1) is 13.8 Å². The predicted octanol–water partition coefficient (Wildman–Crippen LogP) is -0.173. The van der Waals surface area contributed by atoms with Crippen molar-refractivity contribution < 1.29 is 0 Å². The van der Waals surface area contributed by atoms with E-state index in [1.165, 1.54) is 0 Å². The van der Waals surface area contributed by atoms with E-state index in [1.807, 2.05) is 0 Å². The second-order valence-electron chi connectivity index (χ2n) is 2.37. The molecule has 0 saturated heterocycles. The summed E-state index contributed by atoms with van der Waals surface area (Å²) in [5.41, 5.74) is 0.876. The third kappa shape index (κ3) is 1.07. The lowest BCUT2D eigenvalue weighted by atomic mass is 10.6. The Morgan fingerprint density at radius 2 is 1.17 bits per heavy atom. The Bertz CT molecular complexity index is 389. The maximum Gasteiger partial charge on any atom is 0.240 e. The number of fused-ring (bicyclic) bond motifs is 1. The Hall–Kier alpha value is -1.72. The summed E-state index contributed by atoms with van der Waals surface area (Å²) in [6.07, 6.45) is 0. The van der Waals surface area contributed by atoms with E-state index >= 15 is 0 Å². The van der Waals surface area contributed by atoms with E-state index in [9.17, 15) is 0 Å². The molecule has 60 valence electrons. The minimum Gasteiger partial charge on any atom is -0.208 e. The second-order valence-corrected chi connectivity index (χ2v) is 2.37. The van der Waals surface area contributed by atoms with Gasteiger partial charge in [0, 0.05) is 0 Å². The molecule has 0 spiro atoms. The first-order valence-electron chi connectivity index (χ1n) is 3.44. The van der Waals surface area contributed by atoms with E-state index in [0.717, 1.165) is 0 Å². The number of nitrogens with zero attached hydrogens (tertiary/aromatic N) is 6. The van der Waals surface area contributed by atoms with Crippen molar-refractivity contribution in [2.75, 3.05) is 0 Å². The van der Waals surface area contributed by atoms with Crippen molar-refractivity contribution in [2.24, 2.45) is 0 Å². The molecule has 0 fully saturated rings. The summed E-state index contributed by atoms with van der Waals surface area (Å²) < 4.78 is 0. The van der Waals surface area contributed by atoms with Gasteiger partial charge in [-0.25, -0.2) is 9.97 Å². The summed E-state index contributed by atoms with van der Waals surface area (Å²) in [7, 11) is 0. The third-order valence-electron chi connectivity index (χ3n) is 1.31. The molecule has 0 aliphatic heterocycles. The number of aryl methyl sites for hydroxylation is 2. The molecule has 6 heteroatoms. The molecule has 0 N–H and O–H groups in total. The number of aromatic nitrogens is 6. The molecule has 12 heavy (non-hydrogen) atoms. The van der Waals surface area contributed by atoms with Crippen LogP contribution >= 0.6 is 0 Å². The van der Waals surface area contributed by atoms with Crippen molar-refractivity contribution in [3.8, 4) is 0 Å². The highest BCUT2D eigenvalue weighted by atomic mass is 15.3. The summed E-state index contributed by atoms with van der Waals surface area (Å²) in [4.78, 5) is 8.10. The standard InChI is InChI=1S/C6H6N6/c1-3-7-5-6(11-9-3)12-10-4(2)8-5/h1-2H3. The van der Waals surface area contributed by atoms with E-state index in [1.54, 1.807) is 13.8 Å². The molecule has 0 atom stereocenters. The highest BCUT2D eigenvalue weighted by Gasteiger charge is 2.01. The van der Waals surface area contributed by atoms with Crippen LogP contribution < -0.4 is 0 Å². The third-order valence-corrected chi connectivity index (χ3v) is 1.31. The Kier molecular flexibility index (Phi) is 1.39. The van der Waals surface area contributed by atoms with Gasteiger partial charge in [-0.3, -0.25) is 0 Å². The number of rotatable bonds is 0. The fourth-order valence-electron chi connectivity index (χ4n) is 0.825. The average Bonchev–Trinajstić information content (AvgIpc) is 2.03. The largest absolute Gasteiger partial charge is 0.240 e. The lowest BCUT2D eigenvalue weighted by Gasteiger charge is -1.94. The molecule has 2 heterocycles. The maximum absolute atomic E-state index is 4.05. The smallest absolute Gasteiger partial charge is 0.208 e. The van der Waals surface area contributed by atoms with Gasteiger partial charge in [0.25, 0.3) is 0 Å². The van der Waals surface area contributed by atoms with Gasteiger partial charge in [-0.05, 0) is 13.8 Å². The lowest BCUT2D eigenvalue weighted by Crippen LogP contribution is -2.00. The van der Waals surface area contributed by atoms with E-state index in [2.05, 4.69) is 30.4 Å². The normalized spacial score (nSPS) is 10.5. The molecule has 2 aromatic rings. The monoisotopic (exact) mass is 162 g/mol. The van der Waals surface area contributed by atoms with Crippen LogP contribution in [-0.2, 0) is 0 Å². The van der Waals surface area contributed by atoms with Gasteiger partial charge in [-0.1, -0.05) is 0 Å². The highest BCUT2D eigenvalue weighted by Crippen LogP contribution is 1.98. The molecule has 0 aliphatic rings. The summed E-state index contributed by atoms with van der Waals surface area (Å²) in [6.45, 7) is 3.51. The van der Waals surface area contributed by atoms with Crippen molar-refractivity contribution in [3.05, 3.63) is 11.6 Å². The maximum atomic E-state index is 4.05. The van der Waals surface area contributed by atoms with Crippen molar-refractivity contribution in [1.82, 2.24) is 30.4 Å². The summed E-state index contributed by atoms with van der Waals surface area (Å²) in [5, 5.41) is 15.0. The molecule has 0 aliphatic carbocycles. The summed E-state index contributed by atoms with van der Waals surface area (Å²) >= 11 is 0. The molecule has 0 bridgehead atoms. The molecule has 0 saturated carbocycles. The zero-order valence-corrected chi connectivity index (χ0v) is 6.68. The van der Waals surface area contributed by atoms with Gasteiger partial charge in [0.2, 0.25) is 11.3 Å². The molecule has 0 aromatic carbocycles. The zero-order valence-electron chi connectivity index (χ0n) is 6.68. The van der Waals surface area contributed by atoms with Crippen LogP contribution in [0.15, 0.2) is 0 Å². The van der Waals surface area contributed by atoms with Gasteiger partial charge >= 0.3 is 0 Å². The minimum absolute atomic E-state index is 0.381. The molecule has 0 unspecified atom stereocenters. The Balaban J connectivity index is 2.80. The quantitative estimate of drug-likeness (QED) is 0.535. The molecule has 2 rings (SSSR count). The molecule has 0 amide bonds. The first kappa shape index (κ1) is 6.96. The van der Waals surface area contributed by atoms with Crippen molar-refractivity contribution in [2.45, 2.75) is 13.8 Å². The fourth-order valence-corrected chi connectivity index (χ4v) is 0.825. The summed E-state index contributed by atoms with van der Waals surface area (Å²) in [6, 6.07) is 0. The van der Waals surface area contributed by atoms with Crippen LogP contribution in [0.2, 0.25) is 0 Å². The SMILES string of the molecule is Cc1nnc2nnc(C)nc2n1. The number of hydrogen-bond donors (Lipinski definition) is 0.